The predicted octanol–water partition coefficient (Wildman–Crippen LogP) is 6.94. The molecule has 0 spiro atoms. The van der Waals surface area contributed by atoms with E-state index < -0.39 is 20.9 Å². The lowest BCUT2D eigenvalue weighted by molar-refractivity contribution is 0.0985. The predicted molar refractivity (Wildman–Crippen MR) is 151 cm³/mol. The lowest BCUT2D eigenvalue weighted by Crippen LogP contribution is -2.22. The van der Waals surface area contributed by atoms with E-state index in [2.05, 4.69) is 4.98 Å². The molecule has 3 heterocycles. The molecule has 206 valence electrons. The second-order valence-corrected chi connectivity index (χ2v) is 14.3. The minimum Gasteiger partial charge on any atom is -0.359 e. The number of hydrogen-bond donors (Lipinski definition) is 0. The zero-order chi connectivity index (χ0) is 27.2. The number of fused-ring (bicyclic) bond motifs is 1. The fourth-order valence-corrected chi connectivity index (χ4v) is 10.6. The number of pyridine rings is 1. The highest BCUT2D eigenvalue weighted by atomic mass is 32.1. The highest BCUT2D eigenvalue weighted by Gasteiger charge is 2.44. The van der Waals surface area contributed by atoms with Crippen molar-refractivity contribution in [1.82, 2.24) is 4.98 Å². The maximum atomic E-state index is 13.9. The number of rotatable bonds is 13. The molecule has 1 saturated heterocycles. The fourth-order valence-electron chi connectivity index (χ4n) is 4.25. The molecule has 1 aromatic carbocycles. The van der Waals surface area contributed by atoms with Crippen molar-refractivity contribution in [3.63, 3.8) is 0 Å². The Hall–Kier alpha value is -1.90. The Balaban J connectivity index is 1.58. The number of ketones is 1. The van der Waals surface area contributed by atoms with Crippen molar-refractivity contribution >= 4 is 48.2 Å². The molecule has 1 fully saturated rings. The van der Waals surface area contributed by atoms with E-state index in [1.54, 1.807) is 26.1 Å². The van der Waals surface area contributed by atoms with Crippen molar-refractivity contribution in [3.8, 4) is 0 Å². The van der Waals surface area contributed by atoms with Crippen molar-refractivity contribution in [2.45, 2.75) is 32.3 Å². The molecule has 3 aromatic rings. The van der Waals surface area contributed by atoms with Gasteiger partial charge in [0, 0.05) is 41.4 Å². The van der Waals surface area contributed by atoms with Gasteiger partial charge in [0.2, 0.25) is 0 Å². The standard InChI is InChI=1S/C26H34N2O7P2S/c1-4-32-37(31,33-5-2)23(19-36(30)34-15-8-16-35-36)25-18-21-17-20(10-11-24(21)38-25)22(29)12-14-28(3)26-9-6-7-13-27-26/h6-7,9-11,13,17-18,23H,4-5,8,12,14-16,19H2,1-3H3. The molecule has 2 aromatic heterocycles. The van der Waals surface area contributed by atoms with Gasteiger partial charge in [-0.25, -0.2) is 4.98 Å². The number of anilines is 1. The van der Waals surface area contributed by atoms with Crippen LogP contribution in [0.15, 0.2) is 48.7 Å². The Morgan fingerprint density at radius 2 is 1.89 bits per heavy atom. The van der Waals surface area contributed by atoms with E-state index in [0.29, 0.717) is 43.0 Å². The molecule has 0 N–H and O–H groups in total. The number of carbonyl (C=O) groups is 1. The second kappa shape index (κ2) is 13.0. The SMILES string of the molecule is CCOP(=O)(OCC)C(CP1(=O)OCCCO1)c1cc2cc(C(=O)CCN(C)c3ccccn3)ccc2s1. The van der Waals surface area contributed by atoms with Crippen molar-refractivity contribution in [3.05, 3.63) is 59.1 Å². The summed E-state index contributed by atoms with van der Waals surface area (Å²) in [5.74, 6) is 0.823. The third kappa shape index (κ3) is 6.99. The quantitative estimate of drug-likeness (QED) is 0.157. The molecule has 0 saturated carbocycles. The third-order valence-corrected chi connectivity index (χ3v) is 12.3. The Morgan fingerprint density at radius 3 is 2.55 bits per heavy atom. The molecule has 4 rings (SSSR count). The molecule has 0 aliphatic carbocycles. The lowest BCUT2D eigenvalue weighted by Gasteiger charge is -2.30. The van der Waals surface area contributed by atoms with Gasteiger partial charge < -0.3 is 23.0 Å². The Labute approximate surface area is 227 Å². The van der Waals surface area contributed by atoms with Gasteiger partial charge in [0.25, 0.3) is 0 Å². The van der Waals surface area contributed by atoms with Gasteiger partial charge in [-0.15, -0.1) is 11.3 Å². The first-order valence-corrected chi connectivity index (χ1v) is 16.9. The van der Waals surface area contributed by atoms with Gasteiger partial charge in [-0.1, -0.05) is 6.07 Å². The van der Waals surface area contributed by atoms with Crippen LogP contribution in [0.1, 0.15) is 47.6 Å². The molecule has 1 aliphatic rings. The van der Waals surface area contributed by atoms with Gasteiger partial charge in [0.15, 0.2) is 5.78 Å². The zero-order valence-electron chi connectivity index (χ0n) is 21.9. The minimum atomic E-state index is -3.70. The molecular formula is C26H34N2O7P2S. The number of Topliss-reactive ketones (excluding diaryl/α,β-unsaturated/α-hetero) is 1. The van der Waals surface area contributed by atoms with E-state index in [1.165, 1.54) is 11.3 Å². The Morgan fingerprint density at radius 1 is 1.16 bits per heavy atom. The molecule has 9 nitrogen and oxygen atoms in total. The molecule has 0 amide bonds. The van der Waals surface area contributed by atoms with E-state index >= 15 is 0 Å². The van der Waals surface area contributed by atoms with Gasteiger partial charge in [0.1, 0.15) is 11.5 Å². The zero-order valence-corrected chi connectivity index (χ0v) is 24.5. The number of nitrogens with zero attached hydrogens (tertiary/aromatic N) is 2. The van der Waals surface area contributed by atoms with Crippen LogP contribution in [0.2, 0.25) is 0 Å². The van der Waals surface area contributed by atoms with Gasteiger partial charge in [0.05, 0.1) is 32.6 Å². The third-order valence-electron chi connectivity index (χ3n) is 6.16. The van der Waals surface area contributed by atoms with Crippen molar-refractivity contribution in [2.75, 3.05) is 51.1 Å². The summed E-state index contributed by atoms with van der Waals surface area (Å²) in [6, 6.07) is 13.1. The average molecular weight is 581 g/mol. The smallest absolute Gasteiger partial charge is 0.339 e. The van der Waals surface area contributed by atoms with Crippen molar-refractivity contribution in [1.29, 1.82) is 0 Å². The number of hydrogen-bond acceptors (Lipinski definition) is 10. The number of aromatic nitrogens is 1. The summed E-state index contributed by atoms with van der Waals surface area (Å²) >= 11 is 1.41. The summed E-state index contributed by atoms with van der Waals surface area (Å²) in [4.78, 5) is 20.0. The summed E-state index contributed by atoms with van der Waals surface area (Å²) in [6.07, 6.45) is 2.60. The lowest BCUT2D eigenvalue weighted by atomic mass is 10.1. The van der Waals surface area contributed by atoms with Crippen LogP contribution in [0, 0.1) is 0 Å². The van der Waals surface area contributed by atoms with Crippen molar-refractivity contribution < 1.29 is 32.0 Å². The maximum absolute atomic E-state index is 13.9. The molecule has 12 heteroatoms. The fraction of sp³-hybridized carbons (Fsp3) is 0.462. The van der Waals surface area contributed by atoms with Gasteiger partial charge >= 0.3 is 15.2 Å². The molecule has 1 unspecified atom stereocenters. The van der Waals surface area contributed by atoms with E-state index in [-0.39, 0.29) is 25.2 Å². The first-order chi connectivity index (χ1) is 18.3. The monoisotopic (exact) mass is 580 g/mol. The van der Waals surface area contributed by atoms with Crippen LogP contribution < -0.4 is 4.90 Å². The molecule has 0 bridgehead atoms. The van der Waals surface area contributed by atoms with Crippen LogP contribution in [0.5, 0.6) is 0 Å². The van der Waals surface area contributed by atoms with Crippen LogP contribution in [0.3, 0.4) is 0 Å². The van der Waals surface area contributed by atoms with E-state index in [1.807, 2.05) is 48.3 Å². The van der Waals surface area contributed by atoms with E-state index in [9.17, 15) is 13.9 Å². The summed E-state index contributed by atoms with van der Waals surface area (Å²) in [5.41, 5.74) is -0.229. The van der Waals surface area contributed by atoms with Crippen molar-refractivity contribution in [2.24, 2.45) is 0 Å². The minimum absolute atomic E-state index is 0.0155. The number of thiophene rings is 1. The molecule has 38 heavy (non-hydrogen) atoms. The summed E-state index contributed by atoms with van der Waals surface area (Å²) < 4.78 is 50.5. The molecule has 1 atom stereocenters. The molecular weight excluding hydrogens is 546 g/mol. The van der Waals surface area contributed by atoms with Gasteiger partial charge in [-0.2, -0.15) is 0 Å². The average Bonchev–Trinajstić information content (AvgIpc) is 3.34. The van der Waals surface area contributed by atoms with E-state index in [0.717, 1.165) is 15.9 Å². The van der Waals surface area contributed by atoms with Crippen LogP contribution >= 0.6 is 26.5 Å². The molecule has 0 radical (unpaired) electrons. The van der Waals surface area contributed by atoms with Crippen LogP contribution in [-0.4, -0.2) is 56.9 Å². The topological polar surface area (TPSA) is 104 Å². The van der Waals surface area contributed by atoms with Gasteiger partial charge in [-0.05, 0) is 62.1 Å². The number of carbonyl (C=O) groups excluding carboxylic acids is 1. The summed E-state index contributed by atoms with van der Waals surface area (Å²) in [5, 5.41) is 0.835. The highest BCUT2D eigenvalue weighted by molar-refractivity contribution is 7.58. The maximum Gasteiger partial charge on any atom is 0.339 e. The number of benzene rings is 1. The van der Waals surface area contributed by atoms with Crippen LogP contribution in [0.4, 0.5) is 5.82 Å². The van der Waals surface area contributed by atoms with E-state index in [4.69, 9.17) is 18.1 Å². The Kier molecular flexibility index (Phi) is 9.93. The second-order valence-electron chi connectivity index (χ2n) is 8.89. The van der Waals surface area contributed by atoms with Crippen LogP contribution in [-0.2, 0) is 27.2 Å². The first-order valence-electron chi connectivity index (χ1n) is 12.7. The summed E-state index contributed by atoms with van der Waals surface area (Å²) in [6.45, 7) is 5.02. The normalized spacial score (nSPS) is 16.4. The summed E-state index contributed by atoms with van der Waals surface area (Å²) in [7, 11) is -5.27. The highest BCUT2D eigenvalue weighted by Crippen LogP contribution is 2.68. The molecule has 1 aliphatic heterocycles. The van der Waals surface area contributed by atoms with Gasteiger partial charge in [-0.3, -0.25) is 13.9 Å². The largest absolute Gasteiger partial charge is 0.359 e. The first kappa shape index (κ1) is 29.1. The Bertz CT molecular complexity index is 1310. The van der Waals surface area contributed by atoms with Crippen LogP contribution in [0.25, 0.3) is 10.1 Å².